The number of hydrogen-bond donors (Lipinski definition) is 0. The van der Waals surface area contributed by atoms with Gasteiger partial charge in [-0.25, -0.2) is 0 Å². The number of aryl methyl sites for hydroxylation is 1. The molecule has 0 amide bonds. The lowest BCUT2D eigenvalue weighted by Gasteiger charge is -2.14. The Labute approximate surface area is 170 Å². The highest BCUT2D eigenvalue weighted by Gasteiger charge is 2.11. The zero-order valence-electron chi connectivity index (χ0n) is 16.3. The van der Waals surface area contributed by atoms with Crippen LogP contribution in [0.3, 0.4) is 0 Å². The van der Waals surface area contributed by atoms with Crippen molar-refractivity contribution in [2.75, 3.05) is 0 Å². The minimum Gasteiger partial charge on any atom is -0.0616 e. The van der Waals surface area contributed by atoms with E-state index < -0.39 is 0 Å². The quantitative estimate of drug-likeness (QED) is 0.256. The molecule has 0 atom stereocenters. The third kappa shape index (κ3) is 2.61. The molecule has 0 radical (unpaired) electrons. The van der Waals surface area contributed by atoms with Gasteiger partial charge in [-0.05, 0) is 91.0 Å². The maximum atomic E-state index is 2.35. The molecular formula is C29H20. The number of fused-ring (bicyclic) bond motifs is 4. The van der Waals surface area contributed by atoms with E-state index >= 15 is 0 Å². The fourth-order valence-electron chi connectivity index (χ4n) is 4.63. The van der Waals surface area contributed by atoms with E-state index in [9.17, 15) is 0 Å². The van der Waals surface area contributed by atoms with Crippen LogP contribution in [0.2, 0.25) is 0 Å². The van der Waals surface area contributed by atoms with Crippen molar-refractivity contribution in [1.82, 2.24) is 0 Å². The molecule has 0 aliphatic rings. The molecular weight excluding hydrogens is 348 g/mol. The van der Waals surface area contributed by atoms with Gasteiger partial charge in [0.15, 0.2) is 0 Å². The summed E-state index contributed by atoms with van der Waals surface area (Å²) >= 11 is 0. The van der Waals surface area contributed by atoms with E-state index in [-0.39, 0.29) is 0 Å². The lowest BCUT2D eigenvalue weighted by molar-refractivity contribution is 1.50. The smallest absolute Gasteiger partial charge is 0.00963 e. The molecule has 0 N–H and O–H groups in total. The summed E-state index contributed by atoms with van der Waals surface area (Å²) in [5.74, 6) is 0. The van der Waals surface area contributed by atoms with E-state index in [2.05, 4.69) is 110 Å². The maximum Gasteiger partial charge on any atom is -0.00963 e. The average molecular weight is 368 g/mol. The second-order valence-electron chi connectivity index (χ2n) is 7.96. The molecule has 0 fully saturated rings. The first-order chi connectivity index (χ1) is 14.3. The molecule has 0 aliphatic heterocycles. The summed E-state index contributed by atoms with van der Waals surface area (Å²) in [5, 5.41) is 10.4. The van der Waals surface area contributed by atoms with Crippen molar-refractivity contribution < 1.29 is 0 Å². The molecule has 0 saturated carbocycles. The van der Waals surface area contributed by atoms with Crippen molar-refractivity contribution in [2.24, 2.45) is 0 Å². The molecule has 0 heteroatoms. The van der Waals surface area contributed by atoms with Gasteiger partial charge < -0.3 is 0 Å². The predicted octanol–water partition coefficient (Wildman–Crippen LogP) is 8.27. The fraction of sp³-hybridized carbons (Fsp3) is 0.0345. The summed E-state index contributed by atoms with van der Waals surface area (Å²) in [5.41, 5.74) is 3.91. The maximum absolute atomic E-state index is 2.35. The van der Waals surface area contributed by atoms with E-state index in [1.165, 1.54) is 59.8 Å². The topological polar surface area (TPSA) is 0 Å². The van der Waals surface area contributed by atoms with Crippen molar-refractivity contribution in [2.45, 2.75) is 6.92 Å². The second-order valence-corrected chi connectivity index (χ2v) is 7.96. The Kier molecular flexibility index (Phi) is 3.48. The first-order valence-corrected chi connectivity index (χ1v) is 10.1. The Morgan fingerprint density at radius 2 is 0.897 bits per heavy atom. The minimum absolute atomic E-state index is 1.29. The fourth-order valence-corrected chi connectivity index (χ4v) is 4.63. The van der Waals surface area contributed by atoms with Crippen LogP contribution in [0.4, 0.5) is 0 Å². The van der Waals surface area contributed by atoms with Crippen LogP contribution in [0.25, 0.3) is 54.2 Å². The van der Waals surface area contributed by atoms with Crippen LogP contribution in [-0.4, -0.2) is 0 Å². The third-order valence-electron chi connectivity index (χ3n) is 6.00. The zero-order chi connectivity index (χ0) is 19.4. The standard InChI is InChI=1S/C29H20/c1-19-13-25-16-21-8-3-5-10-23(21)18-28(25)29(14-19)26-12-6-11-24-15-20-7-2-4-9-22(20)17-27(24)26/h2-18H,1H3. The van der Waals surface area contributed by atoms with Crippen LogP contribution in [0.15, 0.2) is 103 Å². The monoisotopic (exact) mass is 368 g/mol. The second kappa shape index (κ2) is 6.18. The van der Waals surface area contributed by atoms with Gasteiger partial charge in [0.05, 0.1) is 0 Å². The van der Waals surface area contributed by atoms with Crippen molar-refractivity contribution in [3.8, 4) is 11.1 Å². The van der Waals surface area contributed by atoms with Crippen LogP contribution in [0.5, 0.6) is 0 Å². The van der Waals surface area contributed by atoms with Crippen LogP contribution >= 0.6 is 0 Å². The van der Waals surface area contributed by atoms with Gasteiger partial charge in [-0.1, -0.05) is 78.9 Å². The van der Waals surface area contributed by atoms with E-state index in [0.29, 0.717) is 0 Å². The Bertz CT molecular complexity index is 1550. The highest BCUT2D eigenvalue weighted by Crippen LogP contribution is 2.37. The lowest BCUT2D eigenvalue weighted by Crippen LogP contribution is -1.87. The van der Waals surface area contributed by atoms with Gasteiger partial charge in [0.2, 0.25) is 0 Å². The van der Waals surface area contributed by atoms with Gasteiger partial charge in [0, 0.05) is 0 Å². The van der Waals surface area contributed by atoms with E-state index in [1.807, 2.05) is 0 Å². The highest BCUT2D eigenvalue weighted by atomic mass is 14.1. The molecule has 6 aromatic carbocycles. The summed E-state index contributed by atoms with van der Waals surface area (Å²) < 4.78 is 0. The van der Waals surface area contributed by atoms with E-state index in [4.69, 9.17) is 0 Å². The molecule has 6 aromatic rings. The molecule has 0 unspecified atom stereocenters. The highest BCUT2D eigenvalue weighted by molar-refractivity contribution is 6.11. The Morgan fingerprint density at radius 1 is 0.379 bits per heavy atom. The molecule has 0 bridgehead atoms. The van der Waals surface area contributed by atoms with Gasteiger partial charge >= 0.3 is 0 Å². The summed E-state index contributed by atoms with van der Waals surface area (Å²) in [7, 11) is 0. The molecule has 0 nitrogen and oxygen atoms in total. The van der Waals surface area contributed by atoms with Crippen molar-refractivity contribution >= 4 is 43.1 Å². The molecule has 0 saturated heterocycles. The van der Waals surface area contributed by atoms with E-state index in [1.54, 1.807) is 0 Å². The number of rotatable bonds is 1. The first-order valence-electron chi connectivity index (χ1n) is 10.1. The van der Waals surface area contributed by atoms with Crippen molar-refractivity contribution in [3.05, 3.63) is 109 Å². The zero-order valence-corrected chi connectivity index (χ0v) is 16.3. The Hall–Kier alpha value is -3.64. The summed E-state index contributed by atoms with van der Waals surface area (Å²) in [6.45, 7) is 2.19. The SMILES string of the molecule is Cc1cc(-c2cccc3cc4ccccc4cc23)c2cc3ccccc3cc2c1. The summed E-state index contributed by atoms with van der Waals surface area (Å²) in [6, 6.07) is 37.9. The normalized spacial score (nSPS) is 11.6. The molecule has 6 rings (SSSR count). The molecule has 0 aliphatic carbocycles. The van der Waals surface area contributed by atoms with Crippen LogP contribution in [0.1, 0.15) is 5.56 Å². The average Bonchev–Trinajstić information content (AvgIpc) is 2.75. The molecule has 0 spiro atoms. The lowest BCUT2D eigenvalue weighted by atomic mass is 9.90. The largest absolute Gasteiger partial charge is 0.0616 e. The molecule has 0 aromatic heterocycles. The summed E-state index contributed by atoms with van der Waals surface area (Å²) in [4.78, 5) is 0. The number of hydrogen-bond acceptors (Lipinski definition) is 0. The van der Waals surface area contributed by atoms with E-state index in [0.717, 1.165) is 0 Å². The van der Waals surface area contributed by atoms with Crippen molar-refractivity contribution in [3.63, 3.8) is 0 Å². The van der Waals surface area contributed by atoms with Gasteiger partial charge in [-0.3, -0.25) is 0 Å². The third-order valence-corrected chi connectivity index (χ3v) is 6.00. The summed E-state index contributed by atoms with van der Waals surface area (Å²) in [6.07, 6.45) is 0. The van der Waals surface area contributed by atoms with Crippen LogP contribution in [0, 0.1) is 6.92 Å². The Balaban J connectivity index is 1.74. The molecule has 29 heavy (non-hydrogen) atoms. The molecule has 136 valence electrons. The van der Waals surface area contributed by atoms with Crippen LogP contribution in [-0.2, 0) is 0 Å². The minimum atomic E-state index is 1.29. The van der Waals surface area contributed by atoms with Gasteiger partial charge in [0.1, 0.15) is 0 Å². The predicted molar refractivity (Wildman–Crippen MR) is 127 cm³/mol. The molecule has 0 heterocycles. The first kappa shape index (κ1) is 16.3. The van der Waals surface area contributed by atoms with Gasteiger partial charge in [0.25, 0.3) is 0 Å². The van der Waals surface area contributed by atoms with Gasteiger partial charge in [-0.2, -0.15) is 0 Å². The number of benzene rings is 6. The Morgan fingerprint density at radius 3 is 1.55 bits per heavy atom. The van der Waals surface area contributed by atoms with Crippen LogP contribution < -0.4 is 0 Å². The van der Waals surface area contributed by atoms with Gasteiger partial charge in [-0.15, -0.1) is 0 Å². The van der Waals surface area contributed by atoms with Crippen molar-refractivity contribution in [1.29, 1.82) is 0 Å².